The van der Waals surface area contributed by atoms with Crippen LogP contribution >= 0.6 is 22.7 Å². The molecular weight excluding hydrogens is 368 g/mol. The number of aryl methyl sites for hydroxylation is 2. The number of nitrogens with zero attached hydrogens (tertiary/aromatic N) is 2. The topological polar surface area (TPSA) is 23.8 Å². The van der Waals surface area contributed by atoms with Crippen LogP contribution in [0.4, 0.5) is 0 Å². The van der Waals surface area contributed by atoms with Crippen molar-refractivity contribution in [2.75, 3.05) is 14.1 Å². The highest BCUT2D eigenvalue weighted by Gasteiger charge is 2.49. The summed E-state index contributed by atoms with van der Waals surface area (Å²) in [6.07, 6.45) is 7.65. The number of fused-ring (bicyclic) bond motifs is 2. The van der Waals surface area contributed by atoms with Crippen LogP contribution in [0.1, 0.15) is 58.0 Å². The lowest BCUT2D eigenvalue weighted by atomic mass is 9.69. The second kappa shape index (κ2) is 7.03. The molecule has 4 rings (SSSR count). The van der Waals surface area contributed by atoms with Gasteiger partial charge in [-0.05, 0) is 69.7 Å². The standard InChI is InChI=1S/C23H31N2S2/c1-16-8-10-21(26-16)23(15-24,22-11-9-17(2)27-22)14-18-12-19-6-5-7-20(13-18)25(19,3)4/h8-11,18-20H,5-7,12-14H2,1-4H3/q+1/t18?,19-,20+. The van der Waals surface area contributed by atoms with E-state index in [1.807, 2.05) is 22.7 Å². The van der Waals surface area contributed by atoms with Crippen molar-refractivity contribution in [3.63, 3.8) is 0 Å². The van der Waals surface area contributed by atoms with Crippen molar-refractivity contribution in [2.24, 2.45) is 5.92 Å². The van der Waals surface area contributed by atoms with Gasteiger partial charge in [-0.15, -0.1) is 22.7 Å². The predicted molar refractivity (Wildman–Crippen MR) is 115 cm³/mol. The van der Waals surface area contributed by atoms with Crippen molar-refractivity contribution in [1.82, 2.24) is 0 Å². The minimum atomic E-state index is -0.467. The maximum Gasteiger partial charge on any atom is 0.126 e. The van der Waals surface area contributed by atoms with Gasteiger partial charge in [-0.2, -0.15) is 5.26 Å². The smallest absolute Gasteiger partial charge is 0.126 e. The van der Waals surface area contributed by atoms with Crippen LogP contribution in [0, 0.1) is 31.1 Å². The maximum absolute atomic E-state index is 10.5. The lowest BCUT2D eigenvalue weighted by molar-refractivity contribution is -0.950. The second-order valence-corrected chi connectivity index (χ2v) is 11.8. The molecule has 4 heterocycles. The molecule has 2 aliphatic rings. The molecule has 1 unspecified atom stereocenters. The normalized spacial score (nSPS) is 27.3. The molecule has 2 fully saturated rings. The van der Waals surface area contributed by atoms with Crippen LogP contribution in [0.2, 0.25) is 0 Å². The molecule has 2 aromatic rings. The summed E-state index contributed by atoms with van der Waals surface area (Å²) in [5.41, 5.74) is -0.467. The molecule has 144 valence electrons. The summed E-state index contributed by atoms with van der Waals surface area (Å²) in [5, 5.41) is 10.5. The maximum atomic E-state index is 10.5. The Labute approximate surface area is 172 Å². The minimum Gasteiger partial charge on any atom is -0.324 e. The van der Waals surface area contributed by atoms with Crippen molar-refractivity contribution in [3.05, 3.63) is 43.8 Å². The summed E-state index contributed by atoms with van der Waals surface area (Å²) < 4.78 is 1.20. The molecular formula is C23H31N2S2+. The first-order valence-electron chi connectivity index (χ1n) is 10.2. The molecule has 4 heteroatoms. The van der Waals surface area contributed by atoms with Crippen LogP contribution < -0.4 is 0 Å². The Balaban J connectivity index is 1.69. The van der Waals surface area contributed by atoms with Crippen LogP contribution in [-0.2, 0) is 5.41 Å². The molecule has 2 saturated heterocycles. The Morgan fingerprint density at radius 3 is 1.93 bits per heavy atom. The van der Waals surface area contributed by atoms with Crippen LogP contribution in [0.15, 0.2) is 24.3 Å². The molecule has 3 atom stereocenters. The van der Waals surface area contributed by atoms with E-state index < -0.39 is 5.41 Å². The van der Waals surface area contributed by atoms with Gasteiger partial charge < -0.3 is 4.48 Å². The fraction of sp³-hybridized carbons (Fsp3) is 0.609. The summed E-state index contributed by atoms with van der Waals surface area (Å²) in [6.45, 7) is 4.31. The largest absolute Gasteiger partial charge is 0.324 e. The predicted octanol–water partition coefficient (Wildman–Crippen LogP) is 6.03. The Kier molecular flexibility index (Phi) is 4.99. The molecule has 2 bridgehead atoms. The van der Waals surface area contributed by atoms with E-state index in [0.717, 1.165) is 18.5 Å². The number of thiophene rings is 2. The number of hydrogen-bond acceptors (Lipinski definition) is 3. The van der Waals surface area contributed by atoms with Crippen LogP contribution in [-0.4, -0.2) is 30.7 Å². The first kappa shape index (κ1) is 19.2. The second-order valence-electron chi connectivity index (χ2n) is 9.25. The lowest BCUT2D eigenvalue weighted by Crippen LogP contribution is -2.62. The number of rotatable bonds is 4. The minimum absolute atomic E-state index is 0.467. The number of hydrogen-bond donors (Lipinski definition) is 0. The third kappa shape index (κ3) is 3.28. The summed E-state index contributed by atoms with van der Waals surface area (Å²) in [5.74, 6) is 0.649. The fourth-order valence-electron chi connectivity index (χ4n) is 5.60. The molecule has 0 spiro atoms. The average molecular weight is 400 g/mol. The van der Waals surface area contributed by atoms with Gasteiger partial charge in [-0.25, -0.2) is 0 Å². The highest BCUT2D eigenvalue weighted by molar-refractivity contribution is 7.13. The molecule has 2 nitrogen and oxygen atoms in total. The Bertz CT molecular complexity index is 798. The quantitative estimate of drug-likeness (QED) is 0.576. The highest BCUT2D eigenvalue weighted by atomic mass is 32.1. The van der Waals surface area contributed by atoms with Crippen molar-refractivity contribution < 1.29 is 4.48 Å². The Morgan fingerprint density at radius 1 is 1.00 bits per heavy atom. The zero-order chi connectivity index (χ0) is 19.2. The summed E-state index contributed by atoms with van der Waals surface area (Å²) in [4.78, 5) is 5.09. The highest BCUT2D eigenvalue weighted by Crippen LogP contribution is 2.49. The number of quaternary nitrogens is 1. The number of nitriles is 1. The SMILES string of the molecule is Cc1ccc(C(C#N)(CC2C[C@H]3CCC[C@@H](C2)[N+]3(C)C)c2ccc(C)s2)s1. The first-order chi connectivity index (χ1) is 12.8. The Morgan fingerprint density at radius 2 is 1.52 bits per heavy atom. The molecule has 0 radical (unpaired) electrons. The Hall–Kier alpha value is -1.15. The molecule has 27 heavy (non-hydrogen) atoms. The van der Waals surface area contributed by atoms with E-state index in [9.17, 15) is 5.26 Å². The van der Waals surface area contributed by atoms with Gasteiger partial charge in [0, 0.05) is 32.4 Å². The third-order valence-corrected chi connectivity index (χ3v) is 9.60. The summed E-state index contributed by atoms with van der Waals surface area (Å²) in [6, 6.07) is 13.2. The monoisotopic (exact) mass is 399 g/mol. The van der Waals surface area contributed by atoms with Crippen molar-refractivity contribution in [3.8, 4) is 6.07 Å². The van der Waals surface area contributed by atoms with Gasteiger partial charge in [0.25, 0.3) is 0 Å². The summed E-state index contributed by atoms with van der Waals surface area (Å²) >= 11 is 3.63. The van der Waals surface area contributed by atoms with Gasteiger partial charge in [0.15, 0.2) is 0 Å². The van der Waals surface area contributed by atoms with E-state index in [2.05, 4.69) is 58.3 Å². The molecule has 0 saturated carbocycles. The zero-order valence-corrected chi connectivity index (χ0v) is 18.6. The number of piperidine rings is 2. The molecule has 0 aromatic carbocycles. The first-order valence-corrected chi connectivity index (χ1v) is 11.9. The molecule has 2 aromatic heterocycles. The molecule has 0 N–H and O–H groups in total. The van der Waals surface area contributed by atoms with Crippen LogP contribution in [0.25, 0.3) is 0 Å². The van der Waals surface area contributed by atoms with E-state index in [-0.39, 0.29) is 0 Å². The lowest BCUT2D eigenvalue weighted by Gasteiger charge is -2.54. The van der Waals surface area contributed by atoms with E-state index in [1.165, 1.54) is 56.1 Å². The van der Waals surface area contributed by atoms with Gasteiger partial charge in [0.05, 0.1) is 32.2 Å². The van der Waals surface area contributed by atoms with E-state index in [1.54, 1.807) is 0 Å². The van der Waals surface area contributed by atoms with E-state index in [4.69, 9.17) is 0 Å². The third-order valence-electron chi connectivity index (χ3n) is 7.28. The fourth-order valence-corrected chi connectivity index (χ4v) is 7.73. The van der Waals surface area contributed by atoms with Crippen LogP contribution in [0.3, 0.4) is 0 Å². The molecule has 2 aliphatic heterocycles. The average Bonchev–Trinajstić information content (AvgIpc) is 3.22. The van der Waals surface area contributed by atoms with Gasteiger partial charge in [-0.1, -0.05) is 0 Å². The van der Waals surface area contributed by atoms with E-state index in [0.29, 0.717) is 5.92 Å². The van der Waals surface area contributed by atoms with Gasteiger partial charge >= 0.3 is 0 Å². The van der Waals surface area contributed by atoms with Gasteiger partial charge in [-0.3, -0.25) is 0 Å². The van der Waals surface area contributed by atoms with Gasteiger partial charge in [0.2, 0.25) is 0 Å². The summed E-state index contributed by atoms with van der Waals surface area (Å²) in [7, 11) is 4.88. The van der Waals surface area contributed by atoms with Crippen molar-refractivity contribution in [1.29, 1.82) is 5.26 Å². The van der Waals surface area contributed by atoms with Crippen LogP contribution in [0.5, 0.6) is 0 Å². The van der Waals surface area contributed by atoms with Gasteiger partial charge in [0.1, 0.15) is 5.41 Å². The van der Waals surface area contributed by atoms with Crippen molar-refractivity contribution >= 4 is 22.7 Å². The molecule has 0 aliphatic carbocycles. The van der Waals surface area contributed by atoms with Crippen molar-refractivity contribution in [2.45, 2.75) is 69.9 Å². The molecule has 0 amide bonds. The zero-order valence-electron chi connectivity index (χ0n) is 17.0. The van der Waals surface area contributed by atoms with E-state index >= 15 is 0 Å².